The molecule has 0 saturated heterocycles. The van der Waals surface area contributed by atoms with E-state index in [1.807, 2.05) is 13.8 Å². The predicted molar refractivity (Wildman–Crippen MR) is 106 cm³/mol. The number of nitrogens with zero attached hydrogens (tertiary/aromatic N) is 2. The number of rotatable bonds is 10. The number of aromatic nitrogens is 2. The molecule has 0 bridgehead atoms. The van der Waals surface area contributed by atoms with Gasteiger partial charge in [-0.05, 0) is 31.5 Å². The standard InChI is InChI=1S/C17H24N4O5S2/c1-5-25-13-8-7-12(9-14(13)26-6-2)10-18-28(23,24)17-21-20-16(27-17)19-15(22)11(3)4/h7-9,11,18H,5-6,10H2,1-4H3,(H,19,20,22). The molecule has 2 rings (SSSR count). The van der Waals surface area contributed by atoms with Gasteiger partial charge in [-0.15, -0.1) is 10.2 Å². The van der Waals surface area contributed by atoms with Crippen LogP contribution in [0.1, 0.15) is 33.3 Å². The summed E-state index contributed by atoms with van der Waals surface area (Å²) >= 11 is 0.792. The third-order valence-electron chi connectivity index (χ3n) is 3.46. The summed E-state index contributed by atoms with van der Waals surface area (Å²) in [4.78, 5) is 11.7. The van der Waals surface area contributed by atoms with Gasteiger partial charge in [-0.1, -0.05) is 31.3 Å². The molecule has 154 valence electrons. The molecule has 0 saturated carbocycles. The Morgan fingerprint density at radius 2 is 1.82 bits per heavy atom. The lowest BCUT2D eigenvalue weighted by atomic mass is 10.2. The van der Waals surface area contributed by atoms with Gasteiger partial charge in [0.05, 0.1) is 13.2 Å². The number of amides is 1. The number of carbonyl (C=O) groups is 1. The van der Waals surface area contributed by atoms with E-state index in [4.69, 9.17) is 9.47 Å². The second-order valence-corrected chi connectivity index (χ2v) is 8.91. The van der Waals surface area contributed by atoms with Crippen LogP contribution in [0.2, 0.25) is 0 Å². The van der Waals surface area contributed by atoms with Gasteiger partial charge in [0.1, 0.15) is 0 Å². The van der Waals surface area contributed by atoms with E-state index in [2.05, 4.69) is 20.2 Å². The second-order valence-electron chi connectivity index (χ2n) is 5.99. The van der Waals surface area contributed by atoms with Crippen molar-refractivity contribution in [2.24, 2.45) is 5.92 Å². The third-order valence-corrected chi connectivity index (χ3v) is 6.07. The monoisotopic (exact) mass is 428 g/mol. The van der Waals surface area contributed by atoms with Crippen molar-refractivity contribution in [3.05, 3.63) is 23.8 Å². The van der Waals surface area contributed by atoms with Gasteiger partial charge in [-0.3, -0.25) is 4.79 Å². The van der Waals surface area contributed by atoms with Crippen molar-refractivity contribution >= 4 is 32.4 Å². The zero-order valence-electron chi connectivity index (χ0n) is 16.2. The fourth-order valence-corrected chi connectivity index (χ4v) is 4.03. The minimum Gasteiger partial charge on any atom is -0.490 e. The van der Waals surface area contributed by atoms with E-state index in [0.29, 0.717) is 30.3 Å². The number of anilines is 1. The molecule has 28 heavy (non-hydrogen) atoms. The molecule has 9 nitrogen and oxygen atoms in total. The average Bonchev–Trinajstić information content (AvgIpc) is 3.11. The van der Waals surface area contributed by atoms with Crippen LogP contribution in [-0.2, 0) is 21.4 Å². The fraction of sp³-hybridized carbons (Fsp3) is 0.471. The molecule has 2 N–H and O–H groups in total. The molecule has 1 aromatic heterocycles. The Morgan fingerprint density at radius 3 is 2.46 bits per heavy atom. The van der Waals surface area contributed by atoms with E-state index < -0.39 is 10.0 Å². The molecule has 0 spiro atoms. The molecule has 1 heterocycles. The van der Waals surface area contributed by atoms with Crippen molar-refractivity contribution in [1.82, 2.24) is 14.9 Å². The lowest BCUT2D eigenvalue weighted by Gasteiger charge is -2.12. The predicted octanol–water partition coefficient (Wildman–Crippen LogP) is 2.41. The third kappa shape index (κ3) is 5.88. The van der Waals surface area contributed by atoms with Crippen LogP contribution in [0.25, 0.3) is 0 Å². The lowest BCUT2D eigenvalue weighted by molar-refractivity contribution is -0.118. The number of ether oxygens (including phenoxy) is 2. The summed E-state index contributed by atoms with van der Waals surface area (Å²) in [7, 11) is -3.87. The van der Waals surface area contributed by atoms with Crippen LogP contribution in [0, 0.1) is 5.92 Å². The van der Waals surface area contributed by atoms with Gasteiger partial charge in [0.25, 0.3) is 10.0 Å². The molecule has 0 aliphatic heterocycles. The van der Waals surface area contributed by atoms with Crippen molar-refractivity contribution < 1.29 is 22.7 Å². The summed E-state index contributed by atoms with van der Waals surface area (Å²) in [6.45, 7) is 8.19. The van der Waals surface area contributed by atoms with Crippen LogP contribution in [-0.4, -0.2) is 37.7 Å². The van der Waals surface area contributed by atoms with E-state index in [1.165, 1.54) is 0 Å². The highest BCUT2D eigenvalue weighted by molar-refractivity contribution is 7.91. The Hall–Kier alpha value is -2.24. The van der Waals surface area contributed by atoms with E-state index in [0.717, 1.165) is 11.3 Å². The Kier molecular flexibility index (Phi) is 7.72. The number of sulfonamides is 1. The lowest BCUT2D eigenvalue weighted by Crippen LogP contribution is -2.23. The SMILES string of the molecule is CCOc1ccc(CNS(=O)(=O)c2nnc(NC(=O)C(C)C)s2)cc1OCC. The maximum absolute atomic E-state index is 12.4. The van der Waals surface area contributed by atoms with E-state index in [1.54, 1.807) is 32.0 Å². The average molecular weight is 429 g/mol. The maximum atomic E-state index is 12.4. The van der Waals surface area contributed by atoms with Gasteiger partial charge >= 0.3 is 0 Å². The van der Waals surface area contributed by atoms with Crippen LogP contribution < -0.4 is 19.5 Å². The number of hydrogen-bond acceptors (Lipinski definition) is 8. The van der Waals surface area contributed by atoms with Gasteiger partial charge in [0.15, 0.2) is 11.5 Å². The second kappa shape index (κ2) is 9.80. The van der Waals surface area contributed by atoms with Gasteiger partial charge in [0.2, 0.25) is 15.4 Å². The summed E-state index contributed by atoms with van der Waals surface area (Å²) < 4.78 is 38.2. The van der Waals surface area contributed by atoms with Crippen LogP contribution in [0.5, 0.6) is 11.5 Å². The number of hydrogen-bond donors (Lipinski definition) is 2. The zero-order chi connectivity index (χ0) is 20.7. The summed E-state index contributed by atoms with van der Waals surface area (Å²) in [5.41, 5.74) is 0.702. The highest BCUT2D eigenvalue weighted by atomic mass is 32.2. The minimum absolute atomic E-state index is 0.0437. The van der Waals surface area contributed by atoms with Crippen molar-refractivity contribution in [2.45, 2.75) is 38.6 Å². The first kappa shape index (κ1) is 22.1. The van der Waals surface area contributed by atoms with Crippen LogP contribution >= 0.6 is 11.3 Å². The van der Waals surface area contributed by atoms with Crippen LogP contribution in [0.15, 0.2) is 22.5 Å². The quantitative estimate of drug-likeness (QED) is 0.558. The molecule has 0 radical (unpaired) electrons. The van der Waals surface area contributed by atoms with Crippen LogP contribution in [0.3, 0.4) is 0 Å². The molecular weight excluding hydrogens is 404 g/mol. The Balaban J connectivity index is 2.08. The van der Waals surface area contributed by atoms with Crippen LogP contribution in [0.4, 0.5) is 5.13 Å². The van der Waals surface area contributed by atoms with Crippen molar-refractivity contribution in [3.8, 4) is 11.5 Å². The van der Waals surface area contributed by atoms with E-state index in [9.17, 15) is 13.2 Å². The molecule has 0 fully saturated rings. The van der Waals surface area contributed by atoms with Crippen molar-refractivity contribution in [2.75, 3.05) is 18.5 Å². The molecule has 1 aromatic carbocycles. The first-order valence-corrected chi connectivity index (χ1v) is 11.1. The Morgan fingerprint density at radius 1 is 1.14 bits per heavy atom. The Bertz CT molecular complexity index is 912. The first-order chi connectivity index (χ1) is 13.3. The van der Waals surface area contributed by atoms with E-state index in [-0.39, 0.29) is 27.8 Å². The van der Waals surface area contributed by atoms with Gasteiger partial charge in [-0.25, -0.2) is 13.1 Å². The fourth-order valence-electron chi connectivity index (χ4n) is 2.06. The molecule has 1 amide bonds. The highest BCUT2D eigenvalue weighted by Crippen LogP contribution is 2.29. The number of benzene rings is 1. The highest BCUT2D eigenvalue weighted by Gasteiger charge is 2.21. The summed E-state index contributed by atoms with van der Waals surface area (Å²) in [5, 5.41) is 10.0. The maximum Gasteiger partial charge on any atom is 0.270 e. The summed E-state index contributed by atoms with van der Waals surface area (Å²) in [6, 6.07) is 5.22. The molecule has 0 unspecified atom stereocenters. The molecule has 0 aliphatic rings. The molecule has 0 atom stereocenters. The molecular formula is C17H24N4O5S2. The molecule has 0 aliphatic carbocycles. The summed E-state index contributed by atoms with van der Waals surface area (Å²) in [6.07, 6.45) is 0. The minimum atomic E-state index is -3.87. The van der Waals surface area contributed by atoms with Crippen molar-refractivity contribution in [3.63, 3.8) is 0 Å². The number of nitrogens with one attached hydrogen (secondary N) is 2. The smallest absolute Gasteiger partial charge is 0.270 e. The van der Waals surface area contributed by atoms with Crippen molar-refractivity contribution in [1.29, 1.82) is 0 Å². The van der Waals surface area contributed by atoms with E-state index >= 15 is 0 Å². The number of carbonyl (C=O) groups excluding carboxylic acids is 1. The Labute approximate surface area is 168 Å². The van der Waals surface area contributed by atoms with Gasteiger partial charge in [0, 0.05) is 12.5 Å². The molecule has 11 heteroatoms. The zero-order valence-corrected chi connectivity index (χ0v) is 17.8. The normalized spacial score (nSPS) is 11.5. The van der Waals surface area contributed by atoms with Gasteiger partial charge < -0.3 is 14.8 Å². The van der Waals surface area contributed by atoms with Gasteiger partial charge in [-0.2, -0.15) is 0 Å². The molecule has 2 aromatic rings. The topological polar surface area (TPSA) is 120 Å². The summed E-state index contributed by atoms with van der Waals surface area (Å²) in [5.74, 6) is 0.647. The largest absolute Gasteiger partial charge is 0.490 e. The first-order valence-electron chi connectivity index (χ1n) is 8.79.